The second-order valence-electron chi connectivity index (χ2n) is 3.99. The molecule has 2 N–H and O–H groups in total. The zero-order valence-corrected chi connectivity index (χ0v) is 9.14. The van der Waals surface area contributed by atoms with Crippen LogP contribution in [0.1, 0.15) is 11.5 Å². The van der Waals surface area contributed by atoms with Crippen LogP contribution < -0.4 is 5.32 Å². The Hall–Kier alpha value is -1.55. The van der Waals surface area contributed by atoms with E-state index in [0.717, 1.165) is 12.1 Å². The van der Waals surface area contributed by atoms with Crippen LogP contribution in [-0.2, 0) is 9.53 Å². The van der Waals surface area contributed by atoms with Crippen molar-refractivity contribution < 1.29 is 14.6 Å². The van der Waals surface area contributed by atoms with Gasteiger partial charge in [-0.05, 0) is 17.7 Å². The Kier molecular flexibility index (Phi) is 3.10. The Bertz CT molecular complexity index is 374. The first-order valence-electron chi connectivity index (χ1n) is 5.30. The molecule has 2 atom stereocenters. The third kappa shape index (κ3) is 2.02. The fourth-order valence-corrected chi connectivity index (χ4v) is 2.15. The van der Waals surface area contributed by atoms with Gasteiger partial charge in [0, 0.05) is 19.0 Å². The standard InChI is InChI=1S/C12H15NO3/c1-16-12(15)11-7-13-6-10(11)8-2-4-9(14)5-3-8/h2-5,10-11,13-14H,6-7H2,1H3/t10-,11-/m0/s1. The fraction of sp³-hybridized carbons (Fsp3) is 0.417. The van der Waals surface area contributed by atoms with Gasteiger partial charge in [-0.1, -0.05) is 12.1 Å². The summed E-state index contributed by atoms with van der Waals surface area (Å²) in [6.45, 7) is 1.42. The van der Waals surface area contributed by atoms with E-state index in [1.807, 2.05) is 12.1 Å². The highest BCUT2D eigenvalue weighted by Gasteiger charge is 2.34. The van der Waals surface area contributed by atoms with Crippen molar-refractivity contribution in [3.63, 3.8) is 0 Å². The molecule has 0 bridgehead atoms. The summed E-state index contributed by atoms with van der Waals surface area (Å²) in [5.74, 6) is 0.0648. The van der Waals surface area contributed by atoms with Crippen molar-refractivity contribution in [3.8, 4) is 5.75 Å². The number of carbonyl (C=O) groups excluding carboxylic acids is 1. The Labute approximate surface area is 94.2 Å². The van der Waals surface area contributed by atoms with Crippen molar-refractivity contribution in [2.75, 3.05) is 20.2 Å². The van der Waals surface area contributed by atoms with Gasteiger partial charge in [0.25, 0.3) is 0 Å². The van der Waals surface area contributed by atoms with E-state index in [-0.39, 0.29) is 23.6 Å². The molecule has 4 nitrogen and oxygen atoms in total. The second-order valence-corrected chi connectivity index (χ2v) is 3.99. The van der Waals surface area contributed by atoms with Gasteiger partial charge in [0.05, 0.1) is 13.0 Å². The molecule has 0 saturated carbocycles. The van der Waals surface area contributed by atoms with Crippen molar-refractivity contribution >= 4 is 5.97 Å². The molecule has 0 aliphatic carbocycles. The third-order valence-corrected chi connectivity index (χ3v) is 3.04. The topological polar surface area (TPSA) is 58.6 Å². The van der Waals surface area contributed by atoms with Crippen LogP contribution in [0.25, 0.3) is 0 Å². The van der Waals surface area contributed by atoms with Crippen LogP contribution in [0.2, 0.25) is 0 Å². The van der Waals surface area contributed by atoms with Crippen LogP contribution in [0.5, 0.6) is 5.75 Å². The molecule has 4 heteroatoms. The van der Waals surface area contributed by atoms with Crippen molar-refractivity contribution in [3.05, 3.63) is 29.8 Å². The monoisotopic (exact) mass is 221 g/mol. The molecule has 1 aliphatic heterocycles. The minimum absolute atomic E-state index is 0.130. The van der Waals surface area contributed by atoms with Crippen molar-refractivity contribution in [1.29, 1.82) is 0 Å². The number of aromatic hydroxyl groups is 1. The summed E-state index contributed by atoms with van der Waals surface area (Å²) in [6.07, 6.45) is 0. The average molecular weight is 221 g/mol. The molecule has 1 saturated heterocycles. The quantitative estimate of drug-likeness (QED) is 0.727. The van der Waals surface area contributed by atoms with E-state index < -0.39 is 0 Å². The molecule has 0 aromatic heterocycles. The molecule has 86 valence electrons. The number of nitrogens with one attached hydrogen (secondary N) is 1. The summed E-state index contributed by atoms with van der Waals surface area (Å²) in [4.78, 5) is 11.6. The van der Waals surface area contributed by atoms with Gasteiger partial charge in [0.15, 0.2) is 0 Å². The summed E-state index contributed by atoms with van der Waals surface area (Å²) >= 11 is 0. The van der Waals surface area contributed by atoms with E-state index in [0.29, 0.717) is 6.54 Å². The van der Waals surface area contributed by atoms with Gasteiger partial charge >= 0.3 is 5.97 Å². The van der Waals surface area contributed by atoms with Gasteiger partial charge in [-0.15, -0.1) is 0 Å². The molecular weight excluding hydrogens is 206 g/mol. The highest BCUT2D eigenvalue weighted by molar-refractivity contribution is 5.74. The fourth-order valence-electron chi connectivity index (χ4n) is 2.15. The van der Waals surface area contributed by atoms with Crippen molar-refractivity contribution in [2.24, 2.45) is 5.92 Å². The van der Waals surface area contributed by atoms with Crippen LogP contribution >= 0.6 is 0 Å². The lowest BCUT2D eigenvalue weighted by atomic mass is 9.89. The predicted molar refractivity (Wildman–Crippen MR) is 59.2 cm³/mol. The lowest BCUT2D eigenvalue weighted by Crippen LogP contribution is -2.22. The average Bonchev–Trinajstić information content (AvgIpc) is 2.78. The molecule has 1 heterocycles. The first-order chi connectivity index (χ1) is 7.72. The number of ether oxygens (including phenoxy) is 1. The van der Waals surface area contributed by atoms with Crippen LogP contribution in [0.3, 0.4) is 0 Å². The van der Waals surface area contributed by atoms with E-state index in [1.54, 1.807) is 12.1 Å². The lowest BCUT2D eigenvalue weighted by Gasteiger charge is -2.16. The number of phenolic OH excluding ortho intramolecular Hbond substituents is 1. The van der Waals surface area contributed by atoms with E-state index in [4.69, 9.17) is 4.74 Å². The molecule has 0 amide bonds. The van der Waals surface area contributed by atoms with Crippen LogP contribution in [-0.4, -0.2) is 31.3 Å². The van der Waals surface area contributed by atoms with E-state index in [2.05, 4.69) is 5.32 Å². The highest BCUT2D eigenvalue weighted by atomic mass is 16.5. The van der Waals surface area contributed by atoms with Gasteiger partial charge in [-0.2, -0.15) is 0 Å². The summed E-state index contributed by atoms with van der Waals surface area (Å²) in [6, 6.07) is 6.98. The maximum atomic E-state index is 11.6. The Morgan fingerprint density at radius 1 is 1.38 bits per heavy atom. The predicted octanol–water partition coefficient (Wildman–Crippen LogP) is 0.868. The van der Waals surface area contributed by atoms with Gasteiger partial charge < -0.3 is 15.2 Å². The SMILES string of the molecule is COC(=O)[C@H]1CNC[C@H]1c1ccc(O)cc1. The first-order valence-corrected chi connectivity index (χ1v) is 5.30. The minimum Gasteiger partial charge on any atom is -0.508 e. The van der Waals surface area contributed by atoms with Crippen LogP contribution in [0.15, 0.2) is 24.3 Å². The number of phenols is 1. The number of hydrogen-bond donors (Lipinski definition) is 2. The minimum atomic E-state index is -0.178. The number of benzene rings is 1. The Balaban J connectivity index is 2.19. The number of esters is 1. The van der Waals surface area contributed by atoms with Crippen LogP contribution in [0, 0.1) is 5.92 Å². The summed E-state index contributed by atoms with van der Waals surface area (Å²) in [5.41, 5.74) is 1.05. The number of hydrogen-bond acceptors (Lipinski definition) is 4. The summed E-state index contributed by atoms with van der Waals surface area (Å²) in [7, 11) is 1.41. The molecule has 0 spiro atoms. The molecule has 2 rings (SSSR count). The number of carbonyl (C=O) groups is 1. The van der Waals surface area contributed by atoms with Gasteiger partial charge in [0.1, 0.15) is 5.75 Å². The summed E-state index contributed by atoms with van der Waals surface area (Å²) in [5, 5.41) is 12.4. The zero-order chi connectivity index (χ0) is 11.5. The molecule has 1 aromatic rings. The number of rotatable bonds is 2. The number of methoxy groups -OCH3 is 1. The molecule has 1 fully saturated rings. The van der Waals surface area contributed by atoms with Gasteiger partial charge in [-0.3, -0.25) is 4.79 Å². The normalized spacial score (nSPS) is 24.3. The van der Waals surface area contributed by atoms with Crippen LogP contribution in [0.4, 0.5) is 0 Å². The molecule has 1 aliphatic rings. The van der Waals surface area contributed by atoms with Crippen molar-refractivity contribution in [1.82, 2.24) is 5.32 Å². The second kappa shape index (κ2) is 4.53. The largest absolute Gasteiger partial charge is 0.508 e. The Morgan fingerprint density at radius 3 is 2.69 bits per heavy atom. The third-order valence-electron chi connectivity index (χ3n) is 3.04. The first kappa shape index (κ1) is 11.0. The van der Waals surface area contributed by atoms with Gasteiger partial charge in [-0.25, -0.2) is 0 Å². The van der Waals surface area contributed by atoms with E-state index in [1.165, 1.54) is 7.11 Å². The Morgan fingerprint density at radius 2 is 2.06 bits per heavy atom. The zero-order valence-electron chi connectivity index (χ0n) is 9.14. The van der Waals surface area contributed by atoms with Gasteiger partial charge in [0.2, 0.25) is 0 Å². The molecular formula is C12H15NO3. The maximum absolute atomic E-state index is 11.6. The smallest absolute Gasteiger partial charge is 0.310 e. The summed E-state index contributed by atoms with van der Waals surface area (Å²) < 4.78 is 4.78. The lowest BCUT2D eigenvalue weighted by molar-refractivity contribution is -0.145. The highest BCUT2D eigenvalue weighted by Crippen LogP contribution is 2.29. The maximum Gasteiger partial charge on any atom is 0.310 e. The van der Waals surface area contributed by atoms with E-state index >= 15 is 0 Å². The molecule has 0 unspecified atom stereocenters. The molecule has 0 radical (unpaired) electrons. The molecule has 1 aromatic carbocycles. The van der Waals surface area contributed by atoms with Crippen molar-refractivity contribution in [2.45, 2.75) is 5.92 Å². The van der Waals surface area contributed by atoms with E-state index in [9.17, 15) is 9.90 Å². The molecule has 16 heavy (non-hydrogen) atoms.